The van der Waals surface area contributed by atoms with Gasteiger partial charge in [0.1, 0.15) is 0 Å². The molecule has 156 valence electrons. The maximum absolute atomic E-state index is 11.4. The van der Waals surface area contributed by atoms with Gasteiger partial charge < -0.3 is 0 Å². The highest BCUT2D eigenvalue weighted by atomic mass is 16.2. The molecule has 0 aromatic heterocycles. The van der Waals surface area contributed by atoms with E-state index >= 15 is 0 Å². The van der Waals surface area contributed by atoms with Crippen LogP contribution < -0.4 is 10.9 Å². The fourth-order valence-corrected chi connectivity index (χ4v) is 3.32. The molecule has 0 atom stereocenters. The smallest absolute Gasteiger partial charge is 0.234 e. The third kappa shape index (κ3) is 21.5. The Kier molecular flexibility index (Phi) is 22.0. The molecule has 0 saturated heterocycles. The second-order valence-corrected chi connectivity index (χ2v) is 7.88. The minimum Gasteiger partial charge on any atom is -0.292 e. The number of nitrogens with one attached hydrogen (secondary N) is 2. The maximum Gasteiger partial charge on any atom is 0.234 e. The van der Waals surface area contributed by atoms with Crippen LogP contribution in [0.3, 0.4) is 0 Å². The van der Waals surface area contributed by atoms with Crippen LogP contribution in [0.2, 0.25) is 0 Å². The summed E-state index contributed by atoms with van der Waals surface area (Å²) in [6.07, 6.45) is 25.0. The summed E-state index contributed by atoms with van der Waals surface area (Å²) in [6, 6.07) is 0. The van der Waals surface area contributed by atoms with E-state index in [2.05, 4.69) is 24.7 Å². The molecule has 0 rings (SSSR count). The van der Waals surface area contributed by atoms with Crippen LogP contribution in [0.15, 0.2) is 0 Å². The number of hydrogen-bond acceptors (Lipinski definition) is 2. The second kappa shape index (κ2) is 22.5. The van der Waals surface area contributed by atoms with Crippen LogP contribution in [0.1, 0.15) is 136 Å². The van der Waals surface area contributed by atoms with Crippen molar-refractivity contribution in [2.45, 2.75) is 136 Å². The zero-order valence-electron chi connectivity index (χ0n) is 18.1. The summed E-state index contributed by atoms with van der Waals surface area (Å²) >= 11 is 0. The first-order valence-electron chi connectivity index (χ1n) is 11.8. The Morgan fingerprint density at radius 2 is 0.923 bits per heavy atom. The lowest BCUT2D eigenvalue weighted by atomic mass is 10.0. The predicted molar refractivity (Wildman–Crippen MR) is 115 cm³/mol. The number of hydrazine groups is 1. The van der Waals surface area contributed by atoms with Crippen LogP contribution in [0, 0.1) is 0 Å². The molecule has 0 saturated carbocycles. The molecule has 0 unspecified atom stereocenters. The van der Waals surface area contributed by atoms with Gasteiger partial charge >= 0.3 is 0 Å². The van der Waals surface area contributed by atoms with Crippen molar-refractivity contribution in [1.82, 2.24) is 10.9 Å². The fraction of sp³-hybridized carbons (Fsp3) is 0.957. The fourth-order valence-electron chi connectivity index (χ4n) is 3.32. The van der Waals surface area contributed by atoms with Gasteiger partial charge in [0, 0.05) is 13.0 Å². The minimum atomic E-state index is 0.128. The van der Waals surface area contributed by atoms with Crippen LogP contribution in [-0.4, -0.2) is 12.5 Å². The van der Waals surface area contributed by atoms with Crippen molar-refractivity contribution in [3.8, 4) is 0 Å². The Morgan fingerprint density at radius 1 is 0.538 bits per heavy atom. The molecule has 0 spiro atoms. The van der Waals surface area contributed by atoms with Crippen molar-refractivity contribution in [2.24, 2.45) is 0 Å². The van der Waals surface area contributed by atoms with Gasteiger partial charge in [-0.1, -0.05) is 117 Å². The molecule has 0 aromatic rings. The Labute approximate surface area is 164 Å². The standard InChI is InChI=1S/C23H48N2O/c1-3-5-7-8-9-10-11-12-13-14-15-16-17-18-19-20-22-24-25-23(26)21-6-4-2/h24H,3-22H2,1-2H3,(H,25,26). The second-order valence-electron chi connectivity index (χ2n) is 7.88. The van der Waals surface area contributed by atoms with Gasteiger partial charge in [-0.3, -0.25) is 10.2 Å². The zero-order valence-corrected chi connectivity index (χ0v) is 18.1. The van der Waals surface area contributed by atoms with E-state index in [1.54, 1.807) is 0 Å². The number of carbonyl (C=O) groups excluding carboxylic acids is 1. The lowest BCUT2D eigenvalue weighted by Gasteiger charge is -2.07. The molecule has 0 aliphatic rings. The Bertz CT molecular complexity index is 281. The van der Waals surface area contributed by atoms with Crippen molar-refractivity contribution in [1.29, 1.82) is 0 Å². The summed E-state index contributed by atoms with van der Waals surface area (Å²) < 4.78 is 0. The molecule has 1 amide bonds. The number of unbranched alkanes of at least 4 members (excludes halogenated alkanes) is 16. The summed E-state index contributed by atoms with van der Waals surface area (Å²) in [5.41, 5.74) is 5.82. The molecule has 3 heteroatoms. The molecule has 26 heavy (non-hydrogen) atoms. The average Bonchev–Trinajstić information content (AvgIpc) is 2.65. The van der Waals surface area contributed by atoms with Crippen LogP contribution >= 0.6 is 0 Å². The van der Waals surface area contributed by atoms with E-state index < -0.39 is 0 Å². The van der Waals surface area contributed by atoms with Gasteiger partial charge in [0.25, 0.3) is 0 Å². The van der Waals surface area contributed by atoms with E-state index in [9.17, 15) is 4.79 Å². The van der Waals surface area contributed by atoms with Crippen molar-refractivity contribution in [3.05, 3.63) is 0 Å². The van der Waals surface area contributed by atoms with Crippen LogP contribution in [-0.2, 0) is 4.79 Å². The van der Waals surface area contributed by atoms with E-state index in [0.29, 0.717) is 6.42 Å². The Balaban J connectivity index is 3.04. The van der Waals surface area contributed by atoms with Crippen molar-refractivity contribution < 1.29 is 4.79 Å². The van der Waals surface area contributed by atoms with Crippen LogP contribution in [0.25, 0.3) is 0 Å². The first kappa shape index (κ1) is 25.4. The number of amides is 1. The molecule has 0 aliphatic carbocycles. The normalized spacial score (nSPS) is 11.0. The lowest BCUT2D eigenvalue weighted by Crippen LogP contribution is -2.37. The van der Waals surface area contributed by atoms with Crippen molar-refractivity contribution >= 4 is 5.91 Å². The monoisotopic (exact) mass is 368 g/mol. The highest BCUT2D eigenvalue weighted by Crippen LogP contribution is 2.13. The largest absolute Gasteiger partial charge is 0.292 e. The SMILES string of the molecule is CCCCCCCCCCCCCCCCCCNNC(=O)CCCC. The van der Waals surface area contributed by atoms with Gasteiger partial charge in [0.15, 0.2) is 0 Å². The van der Waals surface area contributed by atoms with Gasteiger partial charge in [-0.15, -0.1) is 0 Å². The maximum atomic E-state index is 11.4. The molecule has 0 heterocycles. The molecule has 0 fully saturated rings. The summed E-state index contributed by atoms with van der Waals surface area (Å²) in [5.74, 6) is 0.128. The predicted octanol–water partition coefficient (Wildman–Crippen LogP) is 7.06. The molecule has 0 aliphatic heterocycles. The Morgan fingerprint density at radius 3 is 1.35 bits per heavy atom. The van der Waals surface area contributed by atoms with E-state index in [-0.39, 0.29) is 5.91 Å². The molecule has 0 radical (unpaired) electrons. The summed E-state index contributed by atoms with van der Waals surface area (Å²) in [5, 5.41) is 0. The highest BCUT2D eigenvalue weighted by Gasteiger charge is 1.98. The van der Waals surface area contributed by atoms with Crippen LogP contribution in [0.4, 0.5) is 0 Å². The first-order chi connectivity index (χ1) is 12.8. The molecule has 0 bridgehead atoms. The summed E-state index contributed by atoms with van der Waals surface area (Å²) in [6.45, 7) is 5.29. The van der Waals surface area contributed by atoms with Crippen LogP contribution in [0.5, 0.6) is 0 Å². The average molecular weight is 369 g/mol. The number of hydrogen-bond donors (Lipinski definition) is 2. The van der Waals surface area contributed by atoms with Gasteiger partial charge in [-0.25, -0.2) is 5.43 Å². The summed E-state index contributed by atoms with van der Waals surface area (Å²) in [7, 11) is 0. The highest BCUT2D eigenvalue weighted by molar-refractivity contribution is 5.75. The van der Waals surface area contributed by atoms with E-state index in [1.807, 2.05) is 0 Å². The third-order valence-electron chi connectivity index (χ3n) is 5.14. The third-order valence-corrected chi connectivity index (χ3v) is 5.14. The number of rotatable bonds is 21. The quantitative estimate of drug-likeness (QED) is 0.168. The Hall–Kier alpha value is -0.570. The topological polar surface area (TPSA) is 41.1 Å². The zero-order chi connectivity index (χ0) is 19.1. The molecular formula is C23H48N2O. The molecule has 0 aromatic carbocycles. The van der Waals surface area contributed by atoms with Gasteiger partial charge in [0.2, 0.25) is 5.91 Å². The van der Waals surface area contributed by atoms with E-state index in [0.717, 1.165) is 25.8 Å². The first-order valence-corrected chi connectivity index (χ1v) is 11.8. The number of carbonyl (C=O) groups is 1. The van der Waals surface area contributed by atoms with Crippen molar-refractivity contribution in [3.63, 3.8) is 0 Å². The van der Waals surface area contributed by atoms with Gasteiger partial charge in [0.05, 0.1) is 0 Å². The van der Waals surface area contributed by atoms with E-state index in [1.165, 1.54) is 96.3 Å². The van der Waals surface area contributed by atoms with Gasteiger partial charge in [-0.05, 0) is 12.8 Å². The minimum absolute atomic E-state index is 0.128. The molecule has 3 nitrogen and oxygen atoms in total. The molecule has 2 N–H and O–H groups in total. The molecular weight excluding hydrogens is 320 g/mol. The van der Waals surface area contributed by atoms with Gasteiger partial charge in [-0.2, -0.15) is 0 Å². The van der Waals surface area contributed by atoms with E-state index in [4.69, 9.17) is 0 Å². The lowest BCUT2D eigenvalue weighted by molar-refractivity contribution is -0.122. The van der Waals surface area contributed by atoms with Crippen molar-refractivity contribution in [2.75, 3.05) is 6.54 Å². The summed E-state index contributed by atoms with van der Waals surface area (Å²) in [4.78, 5) is 11.4.